The highest BCUT2D eigenvalue weighted by molar-refractivity contribution is 9.10. The SMILES string of the molecule is NCc1c(N)cccc1Br. The standard InChI is InChI=1S/C7H9BrN2/c8-6-2-1-3-7(10)5(6)4-9/h1-3H,4,9-10H2. The van der Waals surface area contributed by atoms with E-state index in [4.69, 9.17) is 11.5 Å². The number of benzene rings is 1. The van der Waals surface area contributed by atoms with E-state index in [-0.39, 0.29) is 0 Å². The van der Waals surface area contributed by atoms with Crippen molar-refractivity contribution in [3.05, 3.63) is 28.2 Å². The maximum absolute atomic E-state index is 5.62. The fourth-order valence-corrected chi connectivity index (χ4v) is 1.33. The van der Waals surface area contributed by atoms with E-state index in [2.05, 4.69) is 15.9 Å². The zero-order chi connectivity index (χ0) is 7.56. The van der Waals surface area contributed by atoms with Gasteiger partial charge in [0, 0.05) is 22.3 Å². The van der Waals surface area contributed by atoms with E-state index in [1.54, 1.807) is 0 Å². The third kappa shape index (κ3) is 1.30. The molecule has 0 unspecified atom stereocenters. The molecule has 10 heavy (non-hydrogen) atoms. The fraction of sp³-hybridized carbons (Fsp3) is 0.143. The minimum atomic E-state index is 0.479. The molecule has 54 valence electrons. The quantitative estimate of drug-likeness (QED) is 0.676. The van der Waals surface area contributed by atoms with Crippen LogP contribution in [0.1, 0.15) is 5.56 Å². The number of hydrogen-bond donors (Lipinski definition) is 2. The zero-order valence-electron chi connectivity index (χ0n) is 5.47. The van der Waals surface area contributed by atoms with Crippen molar-refractivity contribution in [3.63, 3.8) is 0 Å². The van der Waals surface area contributed by atoms with Crippen LogP contribution in [-0.2, 0) is 6.54 Å². The second-order valence-electron chi connectivity index (χ2n) is 2.01. The van der Waals surface area contributed by atoms with Crippen molar-refractivity contribution in [3.8, 4) is 0 Å². The largest absolute Gasteiger partial charge is 0.398 e. The molecule has 0 radical (unpaired) electrons. The molecule has 0 aliphatic heterocycles. The molecular weight excluding hydrogens is 192 g/mol. The third-order valence-corrected chi connectivity index (χ3v) is 2.10. The number of halogens is 1. The topological polar surface area (TPSA) is 52.0 Å². The summed E-state index contributed by atoms with van der Waals surface area (Å²) >= 11 is 3.35. The van der Waals surface area contributed by atoms with Crippen molar-refractivity contribution in [1.29, 1.82) is 0 Å². The molecule has 0 heterocycles. The van der Waals surface area contributed by atoms with Gasteiger partial charge >= 0.3 is 0 Å². The molecule has 0 saturated heterocycles. The molecule has 0 aliphatic rings. The highest BCUT2D eigenvalue weighted by Gasteiger charge is 1.99. The van der Waals surface area contributed by atoms with Crippen LogP contribution >= 0.6 is 15.9 Å². The molecule has 0 atom stereocenters. The van der Waals surface area contributed by atoms with Crippen LogP contribution < -0.4 is 11.5 Å². The highest BCUT2D eigenvalue weighted by atomic mass is 79.9. The molecule has 0 spiro atoms. The lowest BCUT2D eigenvalue weighted by Crippen LogP contribution is -2.01. The van der Waals surface area contributed by atoms with Crippen LogP contribution in [0.3, 0.4) is 0 Å². The van der Waals surface area contributed by atoms with E-state index in [0.29, 0.717) is 6.54 Å². The Morgan fingerprint density at radius 1 is 1.40 bits per heavy atom. The molecule has 0 amide bonds. The monoisotopic (exact) mass is 200 g/mol. The van der Waals surface area contributed by atoms with Crippen LogP contribution in [0.4, 0.5) is 5.69 Å². The van der Waals surface area contributed by atoms with Gasteiger partial charge < -0.3 is 11.5 Å². The maximum Gasteiger partial charge on any atom is 0.0370 e. The molecular formula is C7H9BrN2. The second-order valence-corrected chi connectivity index (χ2v) is 2.87. The Kier molecular flexibility index (Phi) is 2.29. The molecule has 0 aromatic heterocycles. The summed E-state index contributed by atoms with van der Waals surface area (Å²) in [4.78, 5) is 0. The second kappa shape index (κ2) is 3.03. The average Bonchev–Trinajstić information content (AvgIpc) is 1.88. The van der Waals surface area contributed by atoms with Gasteiger partial charge in [-0.25, -0.2) is 0 Å². The van der Waals surface area contributed by atoms with Gasteiger partial charge in [0.05, 0.1) is 0 Å². The lowest BCUT2D eigenvalue weighted by Gasteiger charge is -2.03. The van der Waals surface area contributed by atoms with Gasteiger partial charge in [0.1, 0.15) is 0 Å². The molecule has 2 nitrogen and oxygen atoms in total. The van der Waals surface area contributed by atoms with Crippen molar-refractivity contribution in [2.75, 3.05) is 5.73 Å². The summed E-state index contributed by atoms with van der Waals surface area (Å²) < 4.78 is 0.981. The van der Waals surface area contributed by atoms with Gasteiger partial charge in [0.25, 0.3) is 0 Å². The van der Waals surface area contributed by atoms with Crippen LogP contribution in [0, 0.1) is 0 Å². The summed E-state index contributed by atoms with van der Waals surface area (Å²) in [5.41, 5.74) is 12.8. The molecule has 1 aromatic carbocycles. The molecule has 0 bridgehead atoms. The summed E-state index contributed by atoms with van der Waals surface area (Å²) in [5, 5.41) is 0. The molecule has 1 rings (SSSR count). The summed E-state index contributed by atoms with van der Waals surface area (Å²) in [6.07, 6.45) is 0. The predicted molar refractivity (Wildman–Crippen MR) is 46.4 cm³/mol. The maximum atomic E-state index is 5.62. The Bertz CT molecular complexity index is 215. The van der Waals surface area contributed by atoms with Gasteiger partial charge in [-0.05, 0) is 12.1 Å². The van der Waals surface area contributed by atoms with E-state index in [0.717, 1.165) is 15.7 Å². The van der Waals surface area contributed by atoms with Crippen LogP contribution in [0.15, 0.2) is 22.7 Å². The van der Waals surface area contributed by atoms with Crippen molar-refractivity contribution in [2.45, 2.75) is 6.54 Å². The van der Waals surface area contributed by atoms with Gasteiger partial charge in [0.15, 0.2) is 0 Å². The number of anilines is 1. The van der Waals surface area contributed by atoms with Crippen LogP contribution in [-0.4, -0.2) is 0 Å². The molecule has 0 aliphatic carbocycles. The first-order valence-corrected chi connectivity index (χ1v) is 3.78. The first-order valence-electron chi connectivity index (χ1n) is 2.98. The van der Waals surface area contributed by atoms with Crippen molar-refractivity contribution < 1.29 is 0 Å². The molecule has 3 heteroatoms. The summed E-state index contributed by atoms with van der Waals surface area (Å²) in [6, 6.07) is 5.66. The summed E-state index contributed by atoms with van der Waals surface area (Å²) in [7, 11) is 0. The Hall–Kier alpha value is -0.540. The normalized spacial score (nSPS) is 9.80. The Labute approximate surface area is 68.3 Å². The highest BCUT2D eigenvalue weighted by Crippen LogP contribution is 2.21. The van der Waals surface area contributed by atoms with Crippen LogP contribution in [0.2, 0.25) is 0 Å². The predicted octanol–water partition coefficient (Wildman–Crippen LogP) is 1.49. The van der Waals surface area contributed by atoms with Gasteiger partial charge in [0.2, 0.25) is 0 Å². The Morgan fingerprint density at radius 2 is 2.10 bits per heavy atom. The number of nitrogens with two attached hydrogens (primary N) is 2. The van der Waals surface area contributed by atoms with Gasteiger partial charge in [-0.1, -0.05) is 22.0 Å². The van der Waals surface area contributed by atoms with E-state index in [1.807, 2.05) is 18.2 Å². The van der Waals surface area contributed by atoms with E-state index in [1.165, 1.54) is 0 Å². The Morgan fingerprint density at radius 3 is 2.50 bits per heavy atom. The van der Waals surface area contributed by atoms with Gasteiger partial charge in [-0.15, -0.1) is 0 Å². The average molecular weight is 201 g/mol. The van der Waals surface area contributed by atoms with Gasteiger partial charge in [-0.2, -0.15) is 0 Å². The van der Waals surface area contributed by atoms with Crippen molar-refractivity contribution >= 4 is 21.6 Å². The Balaban J connectivity index is 3.17. The molecule has 4 N–H and O–H groups in total. The fourth-order valence-electron chi connectivity index (χ4n) is 0.791. The number of hydrogen-bond acceptors (Lipinski definition) is 2. The minimum absolute atomic E-state index is 0.479. The molecule has 0 fully saturated rings. The van der Waals surface area contributed by atoms with Crippen molar-refractivity contribution in [1.82, 2.24) is 0 Å². The zero-order valence-corrected chi connectivity index (χ0v) is 7.06. The number of nitrogen functional groups attached to an aromatic ring is 1. The van der Waals surface area contributed by atoms with Crippen LogP contribution in [0.5, 0.6) is 0 Å². The third-order valence-electron chi connectivity index (χ3n) is 1.36. The molecule has 1 aromatic rings. The van der Waals surface area contributed by atoms with Crippen LogP contribution in [0.25, 0.3) is 0 Å². The first-order chi connectivity index (χ1) is 4.75. The van der Waals surface area contributed by atoms with Gasteiger partial charge in [-0.3, -0.25) is 0 Å². The smallest absolute Gasteiger partial charge is 0.0370 e. The van der Waals surface area contributed by atoms with E-state index < -0.39 is 0 Å². The lowest BCUT2D eigenvalue weighted by molar-refractivity contribution is 1.07. The van der Waals surface area contributed by atoms with E-state index in [9.17, 15) is 0 Å². The van der Waals surface area contributed by atoms with E-state index >= 15 is 0 Å². The lowest BCUT2D eigenvalue weighted by atomic mass is 10.2. The first kappa shape index (κ1) is 7.57. The van der Waals surface area contributed by atoms with Crippen molar-refractivity contribution in [2.24, 2.45) is 5.73 Å². The number of rotatable bonds is 1. The summed E-state index contributed by atoms with van der Waals surface area (Å²) in [5.74, 6) is 0. The summed E-state index contributed by atoms with van der Waals surface area (Å²) in [6.45, 7) is 0.479. The minimum Gasteiger partial charge on any atom is -0.398 e. The molecule has 0 saturated carbocycles.